The van der Waals surface area contributed by atoms with E-state index in [1.54, 1.807) is 31.2 Å². The molecule has 0 fully saturated rings. The second kappa shape index (κ2) is 4.93. The Labute approximate surface area is 109 Å². The highest BCUT2D eigenvalue weighted by Gasteiger charge is 2.18. The largest absolute Gasteiger partial charge is 0.464 e. The lowest BCUT2D eigenvalue weighted by molar-refractivity contribution is 0.0595. The predicted molar refractivity (Wildman–Crippen MR) is 68.6 cm³/mol. The Balaban J connectivity index is 2.46. The van der Waals surface area contributed by atoms with Crippen LogP contribution < -0.4 is 5.73 Å². The molecule has 2 aromatic rings. The molecular formula is C13H13N3O3. The van der Waals surface area contributed by atoms with Gasteiger partial charge in [-0.05, 0) is 19.1 Å². The molecule has 0 atom stereocenters. The average molecular weight is 259 g/mol. The fraction of sp³-hybridized carbons (Fsp3) is 0.154. The van der Waals surface area contributed by atoms with Crippen LogP contribution in [0.1, 0.15) is 26.7 Å². The number of ether oxygens (including phenoxy) is 1. The van der Waals surface area contributed by atoms with Gasteiger partial charge in [-0.2, -0.15) is 0 Å². The van der Waals surface area contributed by atoms with Crippen LogP contribution in [0.15, 0.2) is 24.3 Å². The van der Waals surface area contributed by atoms with Crippen molar-refractivity contribution in [3.63, 3.8) is 0 Å². The fourth-order valence-electron chi connectivity index (χ4n) is 1.74. The Hall–Kier alpha value is -2.63. The lowest BCUT2D eigenvalue weighted by Gasteiger charge is -2.02. The number of H-pyrrole nitrogens is 1. The van der Waals surface area contributed by atoms with Crippen molar-refractivity contribution in [1.29, 1.82) is 0 Å². The number of carbonyl (C=O) groups excluding carboxylic acids is 2. The molecule has 1 amide bonds. The molecule has 0 saturated carbocycles. The molecular weight excluding hydrogens is 246 g/mol. The third-order valence-electron chi connectivity index (χ3n) is 2.65. The number of primary amides is 1. The molecule has 6 heteroatoms. The number of amides is 1. The first kappa shape index (κ1) is 12.8. The maximum absolute atomic E-state index is 11.6. The van der Waals surface area contributed by atoms with Crippen LogP contribution in [0.5, 0.6) is 0 Å². The number of nitrogens with two attached hydrogens (primary N) is 1. The van der Waals surface area contributed by atoms with Gasteiger partial charge in [-0.1, -0.05) is 12.1 Å². The van der Waals surface area contributed by atoms with E-state index in [1.807, 2.05) is 0 Å². The molecule has 1 aromatic heterocycles. The SMILES string of the molecule is COC(=O)c1[nH]c(C)nc1-c1ccc(C(N)=O)cc1. The minimum atomic E-state index is -0.502. The third-order valence-corrected chi connectivity index (χ3v) is 2.65. The molecule has 19 heavy (non-hydrogen) atoms. The van der Waals surface area contributed by atoms with Crippen molar-refractivity contribution in [3.05, 3.63) is 41.3 Å². The summed E-state index contributed by atoms with van der Waals surface area (Å²) in [4.78, 5) is 29.7. The van der Waals surface area contributed by atoms with Crippen molar-refractivity contribution in [3.8, 4) is 11.3 Å². The number of carbonyl (C=O) groups is 2. The van der Waals surface area contributed by atoms with E-state index >= 15 is 0 Å². The number of nitrogens with one attached hydrogen (secondary N) is 1. The second-order valence-electron chi connectivity index (χ2n) is 3.98. The van der Waals surface area contributed by atoms with Gasteiger partial charge in [0.1, 0.15) is 11.5 Å². The minimum Gasteiger partial charge on any atom is -0.464 e. The number of aromatic amines is 1. The summed E-state index contributed by atoms with van der Waals surface area (Å²) < 4.78 is 4.69. The lowest BCUT2D eigenvalue weighted by atomic mass is 10.1. The van der Waals surface area contributed by atoms with Crippen LogP contribution in [0.25, 0.3) is 11.3 Å². The summed E-state index contributed by atoms with van der Waals surface area (Å²) in [6.45, 7) is 1.74. The molecule has 0 bridgehead atoms. The van der Waals surface area contributed by atoms with E-state index < -0.39 is 11.9 Å². The topological polar surface area (TPSA) is 98.1 Å². The highest BCUT2D eigenvalue weighted by molar-refractivity contribution is 5.96. The number of hydrogen-bond donors (Lipinski definition) is 2. The summed E-state index contributed by atoms with van der Waals surface area (Å²) in [5, 5.41) is 0. The smallest absolute Gasteiger partial charge is 0.356 e. The van der Waals surface area contributed by atoms with Gasteiger partial charge in [-0.25, -0.2) is 9.78 Å². The van der Waals surface area contributed by atoms with Crippen molar-refractivity contribution >= 4 is 11.9 Å². The zero-order chi connectivity index (χ0) is 14.0. The summed E-state index contributed by atoms with van der Waals surface area (Å²) in [5.74, 6) is -0.387. The fourth-order valence-corrected chi connectivity index (χ4v) is 1.74. The zero-order valence-corrected chi connectivity index (χ0v) is 10.6. The molecule has 0 aliphatic rings. The summed E-state index contributed by atoms with van der Waals surface area (Å²) in [6, 6.07) is 6.54. The summed E-state index contributed by atoms with van der Waals surface area (Å²) in [5.41, 5.74) is 7.04. The lowest BCUT2D eigenvalue weighted by Crippen LogP contribution is -2.10. The van der Waals surface area contributed by atoms with Gasteiger partial charge in [-0.3, -0.25) is 4.79 Å². The van der Waals surface area contributed by atoms with Gasteiger partial charge in [0.15, 0.2) is 5.69 Å². The van der Waals surface area contributed by atoms with Crippen LogP contribution in [-0.2, 0) is 4.74 Å². The van der Waals surface area contributed by atoms with Crippen LogP contribution >= 0.6 is 0 Å². The molecule has 1 heterocycles. The van der Waals surface area contributed by atoms with Crippen molar-refractivity contribution < 1.29 is 14.3 Å². The molecule has 1 aromatic carbocycles. The van der Waals surface area contributed by atoms with Crippen LogP contribution in [0.2, 0.25) is 0 Å². The van der Waals surface area contributed by atoms with Crippen molar-refractivity contribution in [2.45, 2.75) is 6.92 Å². The van der Waals surface area contributed by atoms with Gasteiger partial charge in [0.25, 0.3) is 0 Å². The first-order chi connectivity index (χ1) is 9.02. The van der Waals surface area contributed by atoms with E-state index in [-0.39, 0.29) is 5.69 Å². The number of rotatable bonds is 3. The highest BCUT2D eigenvalue weighted by Crippen LogP contribution is 2.22. The molecule has 0 aliphatic carbocycles. The zero-order valence-electron chi connectivity index (χ0n) is 10.6. The Morgan fingerprint density at radius 2 is 1.89 bits per heavy atom. The molecule has 0 aliphatic heterocycles. The van der Waals surface area contributed by atoms with Crippen molar-refractivity contribution in [1.82, 2.24) is 9.97 Å². The van der Waals surface area contributed by atoms with Crippen molar-refractivity contribution in [2.24, 2.45) is 5.73 Å². The van der Waals surface area contributed by atoms with Gasteiger partial charge < -0.3 is 15.5 Å². The van der Waals surface area contributed by atoms with Gasteiger partial charge in [0, 0.05) is 11.1 Å². The predicted octanol–water partition coefficient (Wildman–Crippen LogP) is 1.27. The van der Waals surface area contributed by atoms with Crippen LogP contribution in [0.3, 0.4) is 0 Å². The number of hydrogen-bond acceptors (Lipinski definition) is 4. The monoisotopic (exact) mass is 259 g/mol. The molecule has 3 N–H and O–H groups in total. The van der Waals surface area contributed by atoms with Crippen LogP contribution in [0, 0.1) is 6.92 Å². The van der Waals surface area contributed by atoms with E-state index in [1.165, 1.54) is 7.11 Å². The Morgan fingerprint density at radius 1 is 1.26 bits per heavy atom. The number of nitrogens with zero attached hydrogens (tertiary/aromatic N) is 1. The van der Waals surface area contributed by atoms with Crippen molar-refractivity contribution in [2.75, 3.05) is 7.11 Å². The summed E-state index contributed by atoms with van der Waals surface area (Å²) in [6.07, 6.45) is 0. The molecule has 0 radical (unpaired) electrons. The number of aryl methyl sites for hydroxylation is 1. The van der Waals surface area contributed by atoms with E-state index in [0.29, 0.717) is 22.6 Å². The Bertz CT molecular complexity index is 629. The number of esters is 1. The maximum Gasteiger partial charge on any atom is 0.356 e. The maximum atomic E-state index is 11.6. The van der Waals surface area contributed by atoms with Crippen LogP contribution in [-0.4, -0.2) is 29.0 Å². The molecule has 0 unspecified atom stereocenters. The van der Waals surface area contributed by atoms with E-state index in [2.05, 4.69) is 14.7 Å². The molecule has 0 saturated heterocycles. The molecule has 98 valence electrons. The normalized spacial score (nSPS) is 10.2. The Kier molecular flexibility index (Phi) is 3.33. The highest BCUT2D eigenvalue weighted by atomic mass is 16.5. The minimum absolute atomic E-state index is 0.284. The summed E-state index contributed by atoms with van der Waals surface area (Å²) >= 11 is 0. The van der Waals surface area contributed by atoms with Gasteiger partial charge >= 0.3 is 5.97 Å². The quantitative estimate of drug-likeness (QED) is 0.811. The Morgan fingerprint density at radius 3 is 2.42 bits per heavy atom. The number of aromatic nitrogens is 2. The second-order valence-corrected chi connectivity index (χ2v) is 3.98. The molecule has 6 nitrogen and oxygen atoms in total. The van der Waals surface area contributed by atoms with Crippen LogP contribution in [0.4, 0.5) is 0 Å². The van der Waals surface area contributed by atoms with E-state index in [9.17, 15) is 9.59 Å². The van der Waals surface area contributed by atoms with Gasteiger partial charge in [0.05, 0.1) is 7.11 Å². The van der Waals surface area contributed by atoms with Gasteiger partial charge in [0.2, 0.25) is 5.91 Å². The first-order valence-corrected chi connectivity index (χ1v) is 5.58. The number of methoxy groups -OCH3 is 1. The standard InChI is InChI=1S/C13H13N3O3/c1-7-15-10(11(16-7)13(18)19-2)8-3-5-9(6-4-8)12(14)17/h3-6H,1-2H3,(H2,14,17)(H,15,16). The molecule has 2 rings (SSSR count). The first-order valence-electron chi connectivity index (χ1n) is 5.58. The van der Waals surface area contributed by atoms with E-state index in [0.717, 1.165) is 0 Å². The third kappa shape index (κ3) is 2.47. The number of imidazole rings is 1. The van der Waals surface area contributed by atoms with E-state index in [4.69, 9.17) is 5.73 Å². The van der Waals surface area contributed by atoms with Gasteiger partial charge in [-0.15, -0.1) is 0 Å². The average Bonchev–Trinajstić information content (AvgIpc) is 2.80. The summed E-state index contributed by atoms with van der Waals surface area (Å²) in [7, 11) is 1.30. The molecule has 0 spiro atoms. The number of benzene rings is 1.